The van der Waals surface area contributed by atoms with Crippen LogP contribution in [0.5, 0.6) is 0 Å². The second-order valence-electron chi connectivity index (χ2n) is 5.41. The third-order valence-corrected chi connectivity index (χ3v) is 3.59. The molecule has 1 N–H and O–H groups in total. The van der Waals surface area contributed by atoms with E-state index in [4.69, 9.17) is 4.74 Å². The third-order valence-electron chi connectivity index (χ3n) is 3.59. The molecule has 1 aromatic rings. The number of rotatable bonds is 4. The lowest BCUT2D eigenvalue weighted by atomic mass is 9.83. The molecule has 1 aliphatic rings. The standard InChI is InChI=1S/C15H20F2O2/c1-2-3-14-10-15(18,4-5-19-14)9-11-6-12(16)8-13(17)7-11/h6-8,14,18H,2-5,9-10H2,1H3. The largest absolute Gasteiger partial charge is 0.389 e. The number of benzene rings is 1. The van der Waals surface area contributed by atoms with Gasteiger partial charge in [0.25, 0.3) is 0 Å². The van der Waals surface area contributed by atoms with E-state index in [2.05, 4.69) is 6.92 Å². The molecule has 19 heavy (non-hydrogen) atoms. The van der Waals surface area contributed by atoms with E-state index in [1.54, 1.807) is 0 Å². The molecule has 0 amide bonds. The Hall–Kier alpha value is -1.00. The molecule has 0 aliphatic carbocycles. The SMILES string of the molecule is CCCC1CC(O)(Cc2cc(F)cc(F)c2)CCO1. The van der Waals surface area contributed by atoms with Gasteiger partial charge >= 0.3 is 0 Å². The number of hydrogen-bond donors (Lipinski definition) is 1. The van der Waals surface area contributed by atoms with E-state index in [0.29, 0.717) is 25.0 Å². The van der Waals surface area contributed by atoms with Gasteiger partial charge in [-0.05, 0) is 30.5 Å². The van der Waals surface area contributed by atoms with Crippen molar-refractivity contribution in [3.8, 4) is 0 Å². The minimum absolute atomic E-state index is 0.0437. The molecular weight excluding hydrogens is 250 g/mol. The van der Waals surface area contributed by atoms with Gasteiger partial charge in [0.15, 0.2) is 0 Å². The van der Waals surface area contributed by atoms with Crippen LogP contribution in [-0.4, -0.2) is 23.4 Å². The van der Waals surface area contributed by atoms with Crippen LogP contribution in [0.3, 0.4) is 0 Å². The van der Waals surface area contributed by atoms with Crippen LogP contribution in [0.25, 0.3) is 0 Å². The van der Waals surface area contributed by atoms with Crippen molar-refractivity contribution in [1.82, 2.24) is 0 Å². The Bertz CT molecular complexity index is 414. The molecule has 1 fully saturated rings. The number of hydrogen-bond acceptors (Lipinski definition) is 2. The predicted octanol–water partition coefficient (Wildman–Crippen LogP) is 3.22. The van der Waals surface area contributed by atoms with Crippen LogP contribution in [-0.2, 0) is 11.2 Å². The van der Waals surface area contributed by atoms with Crippen molar-refractivity contribution in [3.05, 3.63) is 35.4 Å². The minimum Gasteiger partial charge on any atom is -0.389 e. The Balaban J connectivity index is 2.07. The summed E-state index contributed by atoms with van der Waals surface area (Å²) >= 11 is 0. The fourth-order valence-corrected chi connectivity index (χ4v) is 2.76. The molecule has 2 rings (SSSR count). The molecule has 2 nitrogen and oxygen atoms in total. The van der Waals surface area contributed by atoms with Crippen LogP contribution in [0.2, 0.25) is 0 Å². The van der Waals surface area contributed by atoms with E-state index in [-0.39, 0.29) is 12.5 Å². The molecule has 106 valence electrons. The molecule has 1 aliphatic heterocycles. The van der Waals surface area contributed by atoms with Crippen molar-refractivity contribution in [2.24, 2.45) is 0 Å². The van der Waals surface area contributed by atoms with E-state index in [9.17, 15) is 13.9 Å². The van der Waals surface area contributed by atoms with Crippen LogP contribution in [0.4, 0.5) is 8.78 Å². The lowest BCUT2D eigenvalue weighted by Gasteiger charge is -2.37. The molecular formula is C15H20F2O2. The van der Waals surface area contributed by atoms with Crippen LogP contribution in [0.15, 0.2) is 18.2 Å². The van der Waals surface area contributed by atoms with Crippen LogP contribution >= 0.6 is 0 Å². The first-order valence-electron chi connectivity index (χ1n) is 6.80. The summed E-state index contributed by atoms with van der Waals surface area (Å²) in [4.78, 5) is 0. The number of ether oxygens (including phenoxy) is 1. The fourth-order valence-electron chi connectivity index (χ4n) is 2.76. The molecule has 1 heterocycles. The van der Waals surface area contributed by atoms with Crippen molar-refractivity contribution in [3.63, 3.8) is 0 Å². The Morgan fingerprint density at radius 1 is 1.32 bits per heavy atom. The second kappa shape index (κ2) is 5.97. The zero-order valence-corrected chi connectivity index (χ0v) is 11.2. The highest BCUT2D eigenvalue weighted by atomic mass is 19.1. The number of aliphatic hydroxyl groups is 1. The minimum atomic E-state index is -0.918. The summed E-state index contributed by atoms with van der Waals surface area (Å²) < 4.78 is 31.9. The van der Waals surface area contributed by atoms with Crippen molar-refractivity contribution in [2.75, 3.05) is 6.61 Å². The molecule has 1 saturated heterocycles. The maximum absolute atomic E-state index is 13.2. The Morgan fingerprint density at radius 2 is 2.00 bits per heavy atom. The predicted molar refractivity (Wildman–Crippen MR) is 68.9 cm³/mol. The van der Waals surface area contributed by atoms with Crippen molar-refractivity contribution in [2.45, 2.75) is 50.7 Å². The summed E-state index contributed by atoms with van der Waals surface area (Å²) in [6, 6.07) is 3.41. The summed E-state index contributed by atoms with van der Waals surface area (Å²) in [6.45, 7) is 2.57. The molecule has 0 aromatic heterocycles. The van der Waals surface area contributed by atoms with E-state index in [1.165, 1.54) is 12.1 Å². The van der Waals surface area contributed by atoms with Gasteiger partial charge in [-0.1, -0.05) is 13.3 Å². The van der Waals surface area contributed by atoms with E-state index >= 15 is 0 Å². The zero-order chi connectivity index (χ0) is 13.9. The molecule has 1 aromatic carbocycles. The zero-order valence-electron chi connectivity index (χ0n) is 11.2. The van der Waals surface area contributed by atoms with E-state index in [0.717, 1.165) is 18.9 Å². The molecule has 0 spiro atoms. The Kier molecular flexibility index (Phi) is 4.53. The third kappa shape index (κ3) is 3.98. The van der Waals surface area contributed by atoms with Gasteiger partial charge in [-0.2, -0.15) is 0 Å². The van der Waals surface area contributed by atoms with Crippen LogP contribution < -0.4 is 0 Å². The molecule has 0 saturated carbocycles. The summed E-state index contributed by atoms with van der Waals surface area (Å²) in [6.07, 6.45) is 3.24. The van der Waals surface area contributed by atoms with E-state index in [1.807, 2.05) is 0 Å². The van der Waals surface area contributed by atoms with Gasteiger partial charge in [-0.15, -0.1) is 0 Å². The molecule has 2 unspecified atom stereocenters. The average Bonchev–Trinajstić information content (AvgIpc) is 2.27. The first-order chi connectivity index (χ1) is 9.00. The van der Waals surface area contributed by atoms with Gasteiger partial charge in [-0.25, -0.2) is 8.78 Å². The highest BCUT2D eigenvalue weighted by molar-refractivity contribution is 5.20. The van der Waals surface area contributed by atoms with Crippen LogP contribution in [0, 0.1) is 11.6 Å². The summed E-state index contributed by atoms with van der Waals surface area (Å²) in [5, 5.41) is 10.6. The van der Waals surface area contributed by atoms with Gasteiger partial charge < -0.3 is 9.84 Å². The normalized spacial score (nSPS) is 27.5. The first kappa shape index (κ1) is 14.4. The van der Waals surface area contributed by atoms with Gasteiger partial charge in [0.2, 0.25) is 0 Å². The van der Waals surface area contributed by atoms with Crippen molar-refractivity contribution >= 4 is 0 Å². The fraction of sp³-hybridized carbons (Fsp3) is 0.600. The van der Waals surface area contributed by atoms with Gasteiger partial charge in [0, 0.05) is 25.5 Å². The maximum Gasteiger partial charge on any atom is 0.126 e. The molecule has 4 heteroatoms. The monoisotopic (exact) mass is 270 g/mol. The lowest BCUT2D eigenvalue weighted by molar-refractivity contribution is -0.105. The lowest BCUT2D eigenvalue weighted by Crippen LogP contribution is -2.42. The first-order valence-corrected chi connectivity index (χ1v) is 6.80. The maximum atomic E-state index is 13.2. The van der Waals surface area contributed by atoms with Gasteiger partial charge in [-0.3, -0.25) is 0 Å². The highest BCUT2D eigenvalue weighted by Crippen LogP contribution is 2.30. The highest BCUT2D eigenvalue weighted by Gasteiger charge is 2.34. The summed E-state index contributed by atoms with van der Waals surface area (Å²) in [5.41, 5.74) is -0.421. The summed E-state index contributed by atoms with van der Waals surface area (Å²) in [5.74, 6) is -1.20. The molecule has 2 atom stereocenters. The number of halogens is 2. The second-order valence-corrected chi connectivity index (χ2v) is 5.41. The van der Waals surface area contributed by atoms with Gasteiger partial charge in [0.1, 0.15) is 11.6 Å². The quantitative estimate of drug-likeness (QED) is 0.910. The summed E-state index contributed by atoms with van der Waals surface area (Å²) in [7, 11) is 0. The van der Waals surface area contributed by atoms with Crippen LogP contribution in [0.1, 0.15) is 38.2 Å². The van der Waals surface area contributed by atoms with Crippen molar-refractivity contribution < 1.29 is 18.6 Å². The topological polar surface area (TPSA) is 29.5 Å². The Morgan fingerprint density at radius 3 is 2.63 bits per heavy atom. The van der Waals surface area contributed by atoms with Gasteiger partial charge in [0.05, 0.1) is 11.7 Å². The van der Waals surface area contributed by atoms with E-state index < -0.39 is 17.2 Å². The smallest absolute Gasteiger partial charge is 0.126 e. The average molecular weight is 270 g/mol. The molecule has 0 radical (unpaired) electrons. The van der Waals surface area contributed by atoms with Crippen molar-refractivity contribution in [1.29, 1.82) is 0 Å². The Labute approximate surface area is 112 Å². The molecule has 0 bridgehead atoms.